The van der Waals surface area contributed by atoms with E-state index < -0.39 is 17.0 Å². The number of hydrogen-bond acceptors (Lipinski definition) is 5. The van der Waals surface area contributed by atoms with Crippen LogP contribution in [0.15, 0.2) is 42.5 Å². The van der Waals surface area contributed by atoms with E-state index in [0.717, 1.165) is 12.0 Å². The third-order valence-corrected chi connectivity index (χ3v) is 6.43. The van der Waals surface area contributed by atoms with E-state index in [1.807, 2.05) is 13.8 Å². The molecule has 1 N–H and O–H groups in total. The van der Waals surface area contributed by atoms with Crippen molar-refractivity contribution in [3.63, 3.8) is 0 Å². The van der Waals surface area contributed by atoms with Crippen molar-refractivity contribution in [1.29, 1.82) is 0 Å². The second-order valence-corrected chi connectivity index (χ2v) is 8.68. The van der Waals surface area contributed by atoms with Crippen LogP contribution in [0.5, 0.6) is 0 Å². The highest BCUT2D eigenvalue weighted by molar-refractivity contribution is 5.92. The Labute approximate surface area is 203 Å². The summed E-state index contributed by atoms with van der Waals surface area (Å²) in [5.74, 6) is 4.49. The molecule has 0 saturated carbocycles. The maximum Gasteiger partial charge on any atom is 0.272 e. The molecule has 4 rings (SSSR count). The summed E-state index contributed by atoms with van der Waals surface area (Å²) in [5, 5.41) is 17.8. The van der Waals surface area contributed by atoms with E-state index in [1.165, 1.54) is 23.1 Å². The molecule has 1 aliphatic carbocycles. The average Bonchev–Trinajstić information content (AvgIpc) is 2.83. The van der Waals surface area contributed by atoms with Crippen LogP contribution in [0.1, 0.15) is 60.0 Å². The molecular formula is C27H26F2N4O2. The number of benzene rings is 1. The van der Waals surface area contributed by atoms with Crippen LogP contribution in [-0.4, -0.2) is 51.3 Å². The molecule has 2 aromatic heterocycles. The monoisotopic (exact) mass is 476 g/mol. The summed E-state index contributed by atoms with van der Waals surface area (Å²) in [4.78, 5) is 18.8. The van der Waals surface area contributed by atoms with Crippen molar-refractivity contribution in [3.8, 4) is 23.1 Å². The molecule has 6 nitrogen and oxygen atoms in total. The highest BCUT2D eigenvalue weighted by Gasteiger charge is 2.42. The molecule has 1 amide bonds. The van der Waals surface area contributed by atoms with Crippen LogP contribution in [0.3, 0.4) is 0 Å². The SMILES string of the molecule is CC[C@@H](C)c1cc(-c2c(F)cccc2F)nnc1[C@]1(c2cccc(C(=O)N(C)CCO)n2)C#CC1. The Hall–Kier alpha value is -3.70. The summed E-state index contributed by atoms with van der Waals surface area (Å²) in [6.45, 7) is 4.07. The van der Waals surface area contributed by atoms with Gasteiger partial charge in [-0.25, -0.2) is 13.8 Å². The molecule has 8 heteroatoms. The summed E-state index contributed by atoms with van der Waals surface area (Å²) in [5.41, 5.74) is 1.16. The predicted octanol–water partition coefficient (Wildman–Crippen LogP) is 4.09. The minimum atomic E-state index is -0.885. The molecule has 0 aliphatic heterocycles. The molecule has 0 saturated heterocycles. The fraction of sp³-hybridized carbons (Fsp3) is 0.333. The maximum atomic E-state index is 14.5. The second-order valence-electron chi connectivity index (χ2n) is 8.68. The summed E-state index contributed by atoms with van der Waals surface area (Å²) in [6, 6.07) is 10.5. The largest absolute Gasteiger partial charge is 0.395 e. The van der Waals surface area contributed by atoms with Crippen molar-refractivity contribution in [2.45, 2.75) is 38.0 Å². The molecule has 0 unspecified atom stereocenters. The number of halogens is 2. The lowest BCUT2D eigenvalue weighted by Crippen LogP contribution is -2.36. The van der Waals surface area contributed by atoms with Gasteiger partial charge in [0.1, 0.15) is 22.7 Å². The van der Waals surface area contributed by atoms with Gasteiger partial charge in [0.25, 0.3) is 5.91 Å². The summed E-state index contributed by atoms with van der Waals surface area (Å²) in [6.07, 6.45) is 1.19. The van der Waals surface area contributed by atoms with Gasteiger partial charge in [0.2, 0.25) is 0 Å². The number of aliphatic hydroxyl groups is 1. The van der Waals surface area contributed by atoms with E-state index in [9.17, 15) is 13.6 Å². The Balaban J connectivity index is 1.84. The Morgan fingerprint density at radius 2 is 1.89 bits per heavy atom. The van der Waals surface area contributed by atoms with Crippen molar-refractivity contribution >= 4 is 5.91 Å². The van der Waals surface area contributed by atoms with Gasteiger partial charge >= 0.3 is 0 Å². The second kappa shape index (κ2) is 9.88. The third kappa shape index (κ3) is 4.40. The molecule has 0 fully saturated rings. The summed E-state index contributed by atoms with van der Waals surface area (Å²) < 4.78 is 29.0. The summed E-state index contributed by atoms with van der Waals surface area (Å²) >= 11 is 0. The number of rotatable bonds is 8. The maximum absolute atomic E-state index is 14.5. The van der Waals surface area contributed by atoms with Crippen molar-refractivity contribution in [2.24, 2.45) is 0 Å². The molecule has 35 heavy (non-hydrogen) atoms. The molecule has 0 radical (unpaired) electrons. The molecule has 1 aromatic carbocycles. The minimum absolute atomic E-state index is 0.00821. The van der Waals surface area contributed by atoms with Gasteiger partial charge in [0, 0.05) is 20.0 Å². The highest BCUT2D eigenvalue weighted by atomic mass is 19.1. The van der Waals surface area contributed by atoms with E-state index in [4.69, 9.17) is 5.11 Å². The van der Waals surface area contributed by atoms with Gasteiger partial charge in [-0.2, -0.15) is 5.10 Å². The standard InChI is InChI=1S/C27H26F2N4O2/c1-4-17(2)18-16-22(24-19(28)8-5-9-20(24)29)31-32-25(18)27(12-7-13-27)23-11-6-10-21(30-23)26(35)33(3)14-15-34/h5-6,8-11,16-17,34H,4,12,14-15H2,1-3H3/t17-,27+/m1/s1. The first-order valence-electron chi connectivity index (χ1n) is 11.5. The van der Waals surface area contributed by atoms with Crippen molar-refractivity contribution in [2.75, 3.05) is 20.2 Å². The average molecular weight is 477 g/mol. The fourth-order valence-electron chi connectivity index (χ4n) is 4.12. The van der Waals surface area contributed by atoms with E-state index in [0.29, 0.717) is 17.8 Å². The Bertz CT molecular complexity index is 1310. The van der Waals surface area contributed by atoms with Crippen LogP contribution in [0, 0.1) is 23.5 Å². The lowest BCUT2D eigenvalue weighted by atomic mass is 9.70. The Morgan fingerprint density at radius 1 is 1.20 bits per heavy atom. The molecule has 2 heterocycles. The molecule has 2 atom stereocenters. The zero-order valence-corrected chi connectivity index (χ0v) is 19.8. The molecule has 3 aromatic rings. The molecule has 0 bridgehead atoms. The van der Waals surface area contributed by atoms with Crippen LogP contribution in [0.25, 0.3) is 11.3 Å². The van der Waals surface area contributed by atoms with Crippen LogP contribution >= 0.6 is 0 Å². The number of amides is 1. The minimum Gasteiger partial charge on any atom is -0.395 e. The van der Waals surface area contributed by atoms with Gasteiger partial charge in [-0.15, -0.1) is 5.10 Å². The van der Waals surface area contributed by atoms with E-state index >= 15 is 0 Å². The fourth-order valence-corrected chi connectivity index (χ4v) is 4.12. The van der Waals surface area contributed by atoms with Crippen LogP contribution in [-0.2, 0) is 5.41 Å². The number of nitrogens with zero attached hydrogens (tertiary/aromatic N) is 4. The van der Waals surface area contributed by atoms with Gasteiger partial charge in [-0.05, 0) is 48.2 Å². The normalized spacial score (nSPS) is 17.2. The molecular weight excluding hydrogens is 450 g/mol. The number of carbonyl (C=O) groups excluding carboxylic acids is 1. The first kappa shape index (κ1) is 24.4. The first-order valence-corrected chi connectivity index (χ1v) is 11.5. The van der Waals surface area contributed by atoms with Crippen molar-refractivity contribution in [3.05, 3.63) is 76.7 Å². The molecule has 180 valence electrons. The van der Waals surface area contributed by atoms with E-state index in [2.05, 4.69) is 27.0 Å². The number of hydrogen-bond donors (Lipinski definition) is 1. The van der Waals surface area contributed by atoms with Crippen LogP contribution in [0.2, 0.25) is 0 Å². The third-order valence-electron chi connectivity index (χ3n) is 6.43. The van der Waals surface area contributed by atoms with Crippen LogP contribution < -0.4 is 0 Å². The first-order chi connectivity index (χ1) is 16.8. The lowest BCUT2D eigenvalue weighted by Gasteiger charge is -2.33. The quantitative estimate of drug-likeness (QED) is 0.496. The molecule has 0 spiro atoms. The highest BCUT2D eigenvalue weighted by Crippen LogP contribution is 2.42. The predicted molar refractivity (Wildman–Crippen MR) is 128 cm³/mol. The Morgan fingerprint density at radius 3 is 2.49 bits per heavy atom. The topological polar surface area (TPSA) is 79.2 Å². The van der Waals surface area contributed by atoms with Gasteiger partial charge in [0.15, 0.2) is 0 Å². The zero-order chi connectivity index (χ0) is 25.2. The van der Waals surface area contributed by atoms with E-state index in [1.54, 1.807) is 31.3 Å². The lowest BCUT2D eigenvalue weighted by molar-refractivity contribution is 0.0760. The number of carbonyl (C=O) groups is 1. The smallest absolute Gasteiger partial charge is 0.272 e. The number of likely N-dealkylation sites (N-methyl/N-ethyl adjacent to an activating group) is 1. The van der Waals surface area contributed by atoms with Gasteiger partial charge in [-0.1, -0.05) is 37.8 Å². The van der Waals surface area contributed by atoms with Crippen LogP contribution in [0.4, 0.5) is 8.78 Å². The zero-order valence-electron chi connectivity index (χ0n) is 19.8. The van der Waals surface area contributed by atoms with Gasteiger partial charge in [-0.3, -0.25) is 4.79 Å². The molecule has 1 aliphatic rings. The van der Waals surface area contributed by atoms with Crippen molar-refractivity contribution < 1.29 is 18.7 Å². The van der Waals surface area contributed by atoms with Gasteiger partial charge < -0.3 is 10.0 Å². The summed E-state index contributed by atoms with van der Waals surface area (Å²) in [7, 11) is 1.60. The Kier molecular flexibility index (Phi) is 6.90. The number of aliphatic hydroxyl groups excluding tert-OH is 1. The van der Waals surface area contributed by atoms with E-state index in [-0.39, 0.29) is 41.9 Å². The van der Waals surface area contributed by atoms with Crippen molar-refractivity contribution in [1.82, 2.24) is 20.1 Å². The van der Waals surface area contributed by atoms with Gasteiger partial charge in [0.05, 0.1) is 29.3 Å². The number of aromatic nitrogens is 3. The number of pyridine rings is 1.